The van der Waals surface area contributed by atoms with Gasteiger partial charge in [0.15, 0.2) is 0 Å². The molecule has 0 spiro atoms. The highest BCUT2D eigenvalue weighted by atomic mass is 16.9. The molecule has 0 unspecified atom stereocenters. The van der Waals surface area contributed by atoms with Crippen LogP contribution in [0.25, 0.3) is 0 Å². The predicted molar refractivity (Wildman–Crippen MR) is 60.4 cm³/mol. The summed E-state index contributed by atoms with van der Waals surface area (Å²) in [5.74, 6) is -0.435. The van der Waals surface area contributed by atoms with Gasteiger partial charge in [-0.1, -0.05) is 0 Å². The summed E-state index contributed by atoms with van der Waals surface area (Å²) in [6.45, 7) is -1.30. The Hall–Kier alpha value is -1.46. The molecule has 0 radical (unpaired) electrons. The van der Waals surface area contributed by atoms with Crippen molar-refractivity contribution in [1.82, 2.24) is 5.32 Å². The summed E-state index contributed by atoms with van der Waals surface area (Å²) in [6.07, 6.45) is -5.96. The number of nitrogens with one attached hydrogen (secondary N) is 1. The first-order chi connectivity index (χ1) is 9.35. The molecule has 1 rings (SSSR count). The second-order valence-corrected chi connectivity index (χ2v) is 4.15. The van der Waals surface area contributed by atoms with E-state index < -0.39 is 49.5 Å². The van der Waals surface area contributed by atoms with Gasteiger partial charge >= 0.3 is 12.6 Å². The smallest absolute Gasteiger partial charge is 0.450 e. The molecule has 1 aliphatic heterocycles. The average molecular weight is 295 g/mol. The fraction of sp³-hybridized carbons (Fsp3) is 0.800. The minimum atomic E-state index is -1.65. The molecule has 0 bridgehead atoms. The van der Waals surface area contributed by atoms with Crippen molar-refractivity contribution in [2.75, 3.05) is 13.2 Å². The molecule has 5 N–H and O–H groups in total. The lowest BCUT2D eigenvalue weighted by Gasteiger charge is -2.38. The van der Waals surface area contributed by atoms with Crippen molar-refractivity contribution in [1.29, 1.82) is 0 Å². The highest BCUT2D eigenvalue weighted by Gasteiger charge is 2.41. The summed E-state index contributed by atoms with van der Waals surface area (Å²) < 4.78 is 14.2. The zero-order valence-corrected chi connectivity index (χ0v) is 10.6. The number of hydrogen-bond donors (Lipinski definition) is 5. The lowest BCUT2D eigenvalue weighted by atomic mass is 10.0. The summed E-state index contributed by atoms with van der Waals surface area (Å²) >= 11 is 0. The van der Waals surface area contributed by atoms with Gasteiger partial charge in [0.2, 0.25) is 5.91 Å². The Labute approximate surface area is 113 Å². The second-order valence-electron chi connectivity index (χ2n) is 4.15. The van der Waals surface area contributed by atoms with E-state index in [1.807, 2.05) is 0 Å². The summed E-state index contributed by atoms with van der Waals surface area (Å²) in [5, 5.41) is 38.9. The van der Waals surface area contributed by atoms with E-state index >= 15 is 0 Å². The van der Waals surface area contributed by atoms with E-state index in [1.165, 1.54) is 6.92 Å². The quantitative estimate of drug-likeness (QED) is 0.349. The number of aliphatic hydroxyl groups is 3. The zero-order chi connectivity index (χ0) is 15.3. The maximum Gasteiger partial charge on any atom is 0.509 e. The Morgan fingerprint density at radius 3 is 2.60 bits per heavy atom. The molecule has 20 heavy (non-hydrogen) atoms. The Morgan fingerprint density at radius 1 is 1.45 bits per heavy atom. The van der Waals surface area contributed by atoms with Crippen LogP contribution in [0, 0.1) is 0 Å². The zero-order valence-electron chi connectivity index (χ0n) is 10.6. The lowest BCUT2D eigenvalue weighted by molar-refractivity contribution is -0.333. The third-order valence-electron chi connectivity index (χ3n) is 2.58. The van der Waals surface area contributed by atoms with Crippen LogP contribution in [-0.4, -0.2) is 76.5 Å². The molecule has 1 amide bonds. The van der Waals surface area contributed by atoms with Crippen molar-refractivity contribution in [3.05, 3.63) is 0 Å². The molecular formula is C10H17NO9. The van der Waals surface area contributed by atoms with Gasteiger partial charge in [0.1, 0.15) is 18.3 Å². The van der Waals surface area contributed by atoms with Crippen LogP contribution in [0.2, 0.25) is 0 Å². The van der Waals surface area contributed by atoms with Crippen LogP contribution in [0.1, 0.15) is 6.92 Å². The second kappa shape index (κ2) is 7.36. The fourth-order valence-corrected chi connectivity index (χ4v) is 1.71. The number of hydrogen-bond acceptors (Lipinski definition) is 8. The Kier molecular flexibility index (Phi) is 6.10. The molecule has 0 aromatic heterocycles. The van der Waals surface area contributed by atoms with Crippen molar-refractivity contribution >= 4 is 12.1 Å². The van der Waals surface area contributed by atoms with Gasteiger partial charge in [0, 0.05) is 6.92 Å². The average Bonchev–Trinajstić information content (AvgIpc) is 2.37. The van der Waals surface area contributed by atoms with Crippen molar-refractivity contribution in [3.8, 4) is 0 Å². The number of carbonyl (C=O) groups excluding carboxylic acids is 1. The Bertz CT molecular complexity index is 350. The summed E-state index contributed by atoms with van der Waals surface area (Å²) in [5.41, 5.74) is 0. The van der Waals surface area contributed by atoms with Crippen molar-refractivity contribution in [2.45, 2.75) is 37.8 Å². The molecule has 0 saturated carbocycles. The molecule has 1 saturated heterocycles. The highest BCUT2D eigenvalue weighted by molar-refractivity contribution is 5.73. The molecule has 0 aliphatic carbocycles. The van der Waals surface area contributed by atoms with E-state index in [1.54, 1.807) is 0 Å². The number of ether oxygens (including phenoxy) is 3. The topological polar surface area (TPSA) is 155 Å². The molecule has 116 valence electrons. The third kappa shape index (κ3) is 4.58. The molecule has 0 aromatic carbocycles. The van der Waals surface area contributed by atoms with Gasteiger partial charge in [-0.25, -0.2) is 4.79 Å². The number of carboxylic acid groups (broad SMARTS) is 1. The maximum absolute atomic E-state index is 11.0. The number of aliphatic hydroxyl groups excluding tert-OH is 3. The van der Waals surface area contributed by atoms with Crippen LogP contribution in [-0.2, 0) is 19.0 Å². The summed E-state index contributed by atoms with van der Waals surface area (Å²) in [7, 11) is 0. The van der Waals surface area contributed by atoms with Gasteiger partial charge in [-0.2, -0.15) is 0 Å². The van der Waals surface area contributed by atoms with E-state index in [0.29, 0.717) is 0 Å². The van der Waals surface area contributed by atoms with Crippen LogP contribution in [0.4, 0.5) is 4.79 Å². The molecule has 10 nitrogen and oxygen atoms in total. The van der Waals surface area contributed by atoms with E-state index in [0.717, 1.165) is 0 Å². The van der Waals surface area contributed by atoms with Gasteiger partial charge in [0.05, 0.1) is 19.3 Å². The van der Waals surface area contributed by atoms with Crippen molar-refractivity contribution in [3.63, 3.8) is 0 Å². The normalized spacial score (nSPS) is 29.3. The fourth-order valence-electron chi connectivity index (χ4n) is 1.71. The molecule has 1 fully saturated rings. The molecule has 10 heteroatoms. The number of rotatable bonds is 5. The Morgan fingerprint density at radius 2 is 2.10 bits per heavy atom. The van der Waals surface area contributed by atoms with E-state index in [9.17, 15) is 19.8 Å². The molecule has 1 aliphatic rings. The van der Waals surface area contributed by atoms with Gasteiger partial charge < -0.3 is 40.0 Å². The molecule has 1 heterocycles. The van der Waals surface area contributed by atoms with E-state index in [2.05, 4.69) is 10.1 Å². The number of amides is 1. The largest absolute Gasteiger partial charge is 0.509 e. The first-order valence-corrected chi connectivity index (χ1v) is 5.76. The maximum atomic E-state index is 11.0. The molecule has 5 atom stereocenters. The first-order valence-electron chi connectivity index (χ1n) is 5.76. The van der Waals surface area contributed by atoms with E-state index in [-0.39, 0.29) is 6.61 Å². The molecular weight excluding hydrogens is 278 g/mol. The summed E-state index contributed by atoms with van der Waals surface area (Å²) in [4.78, 5) is 21.4. The third-order valence-corrected chi connectivity index (χ3v) is 2.58. The predicted octanol–water partition coefficient (Wildman–Crippen LogP) is -2.40. The SMILES string of the molecule is CC(=O)N[C@@H]1CO[C@@H](OC(=O)O)O[C@H]1[C@H](O)[C@H](O)CO. The highest BCUT2D eigenvalue weighted by Crippen LogP contribution is 2.19. The minimum absolute atomic E-state index is 0.197. The minimum Gasteiger partial charge on any atom is -0.450 e. The monoisotopic (exact) mass is 295 g/mol. The Balaban J connectivity index is 2.76. The van der Waals surface area contributed by atoms with Gasteiger partial charge in [0.25, 0.3) is 0 Å². The standard InChI is InChI=1S/C10H17NO9/c1-4(13)11-5-3-18-10(20-9(16)17)19-8(5)7(15)6(14)2-12/h5-8,10,12,14-15H,2-3H2,1H3,(H,11,13)(H,16,17)/t5-,6-,7-,8-,10-/m1/s1. The number of carbonyl (C=O) groups is 2. The van der Waals surface area contributed by atoms with Gasteiger partial charge in [-0.05, 0) is 0 Å². The van der Waals surface area contributed by atoms with Crippen LogP contribution < -0.4 is 5.32 Å². The lowest BCUT2D eigenvalue weighted by Crippen LogP contribution is -2.60. The van der Waals surface area contributed by atoms with Crippen molar-refractivity contribution in [2.24, 2.45) is 0 Å². The molecule has 0 aromatic rings. The van der Waals surface area contributed by atoms with Gasteiger partial charge in [-0.3, -0.25) is 4.79 Å². The van der Waals surface area contributed by atoms with Gasteiger partial charge in [-0.15, -0.1) is 0 Å². The van der Waals surface area contributed by atoms with Crippen LogP contribution >= 0.6 is 0 Å². The van der Waals surface area contributed by atoms with Crippen LogP contribution in [0.5, 0.6) is 0 Å². The van der Waals surface area contributed by atoms with Crippen molar-refractivity contribution < 1.29 is 44.2 Å². The first kappa shape index (κ1) is 16.6. The van der Waals surface area contributed by atoms with E-state index in [4.69, 9.17) is 19.7 Å². The van der Waals surface area contributed by atoms with Crippen LogP contribution in [0.3, 0.4) is 0 Å². The summed E-state index contributed by atoms with van der Waals surface area (Å²) in [6, 6.07) is -0.836. The van der Waals surface area contributed by atoms with Crippen LogP contribution in [0.15, 0.2) is 0 Å².